The van der Waals surface area contributed by atoms with E-state index in [4.69, 9.17) is 23.2 Å². The van der Waals surface area contributed by atoms with Crippen molar-refractivity contribution in [2.24, 2.45) is 0 Å². The zero-order valence-corrected chi connectivity index (χ0v) is 16.7. The maximum atomic E-state index is 12.7. The van der Waals surface area contributed by atoms with Crippen molar-refractivity contribution >= 4 is 44.8 Å². The molecule has 0 atom stereocenters. The monoisotopic (exact) mass is 435 g/mol. The number of amides is 1. The summed E-state index contributed by atoms with van der Waals surface area (Å²) in [6.07, 6.45) is 3.26. The molecule has 1 aromatic heterocycles. The number of carbonyl (C=O) groups excluding carboxylic acids is 1. The van der Waals surface area contributed by atoms with Gasteiger partial charge in [0.15, 0.2) is 0 Å². The number of hydrogen-bond donors (Lipinski definition) is 2. The van der Waals surface area contributed by atoms with Gasteiger partial charge in [-0.1, -0.05) is 41.4 Å². The molecule has 0 bridgehead atoms. The number of nitrogens with one attached hydrogen (secondary N) is 2. The second-order valence-corrected chi connectivity index (χ2v) is 8.24. The summed E-state index contributed by atoms with van der Waals surface area (Å²) in [5, 5.41) is 2.95. The molecule has 0 fully saturated rings. The van der Waals surface area contributed by atoms with E-state index in [1.54, 1.807) is 36.7 Å². The highest BCUT2D eigenvalue weighted by Gasteiger charge is 2.21. The Morgan fingerprint density at radius 3 is 2.50 bits per heavy atom. The van der Waals surface area contributed by atoms with E-state index in [1.165, 1.54) is 24.3 Å². The topological polar surface area (TPSA) is 88.2 Å². The van der Waals surface area contributed by atoms with Crippen molar-refractivity contribution in [3.05, 3.63) is 88.2 Å². The summed E-state index contributed by atoms with van der Waals surface area (Å²) in [6, 6.07) is 14.0. The van der Waals surface area contributed by atoms with E-state index in [9.17, 15) is 13.2 Å². The predicted octanol–water partition coefficient (Wildman–Crippen LogP) is 4.12. The third-order valence-electron chi connectivity index (χ3n) is 3.78. The van der Waals surface area contributed by atoms with Crippen LogP contribution >= 0.6 is 23.2 Å². The Balaban J connectivity index is 1.82. The molecule has 0 saturated heterocycles. The summed E-state index contributed by atoms with van der Waals surface area (Å²) >= 11 is 12.1. The van der Waals surface area contributed by atoms with Crippen LogP contribution in [-0.2, 0) is 16.6 Å². The van der Waals surface area contributed by atoms with Crippen molar-refractivity contribution in [2.45, 2.75) is 11.4 Å². The smallest absolute Gasteiger partial charge is 0.263 e. The first-order valence-electron chi connectivity index (χ1n) is 8.11. The number of sulfonamides is 1. The molecule has 0 unspecified atom stereocenters. The molecule has 0 spiro atoms. The standard InChI is InChI=1S/C19H15Cl2N3O3S/c20-15-5-1-2-6-17(15)24-28(26,27)18-10-14(7-8-16(18)21)19(25)23-12-13-4-3-9-22-11-13/h1-11,24H,12H2,(H,23,25). The van der Waals surface area contributed by atoms with Crippen LogP contribution in [0.25, 0.3) is 0 Å². The minimum absolute atomic E-state index is 0.0108. The highest BCUT2D eigenvalue weighted by atomic mass is 35.5. The fourth-order valence-corrected chi connectivity index (χ4v) is 4.23. The molecule has 6 nitrogen and oxygen atoms in total. The van der Waals surface area contributed by atoms with Crippen LogP contribution in [0, 0.1) is 0 Å². The molecule has 1 amide bonds. The van der Waals surface area contributed by atoms with E-state index in [-0.39, 0.29) is 32.7 Å². The number of anilines is 1. The molecule has 2 aromatic carbocycles. The number of hydrogen-bond acceptors (Lipinski definition) is 4. The maximum absolute atomic E-state index is 12.7. The van der Waals surface area contributed by atoms with Gasteiger partial charge in [-0.05, 0) is 42.0 Å². The minimum Gasteiger partial charge on any atom is -0.348 e. The number of halogens is 2. The molecule has 0 aliphatic carbocycles. The van der Waals surface area contributed by atoms with Crippen LogP contribution in [0.4, 0.5) is 5.69 Å². The largest absolute Gasteiger partial charge is 0.348 e. The fourth-order valence-electron chi connectivity index (χ4n) is 2.38. The Labute approximate surface area is 172 Å². The number of benzene rings is 2. The highest BCUT2D eigenvalue weighted by molar-refractivity contribution is 7.92. The molecule has 0 radical (unpaired) electrons. The average molecular weight is 436 g/mol. The summed E-state index contributed by atoms with van der Waals surface area (Å²) in [6.45, 7) is 0.259. The molecule has 1 heterocycles. The summed E-state index contributed by atoms with van der Waals surface area (Å²) in [4.78, 5) is 16.2. The van der Waals surface area contributed by atoms with Crippen molar-refractivity contribution < 1.29 is 13.2 Å². The molecule has 3 aromatic rings. The average Bonchev–Trinajstić information content (AvgIpc) is 2.69. The van der Waals surface area contributed by atoms with Crippen LogP contribution < -0.4 is 10.0 Å². The fraction of sp³-hybridized carbons (Fsp3) is 0.0526. The minimum atomic E-state index is -4.05. The Bertz CT molecular complexity index is 1110. The SMILES string of the molecule is O=C(NCc1cccnc1)c1ccc(Cl)c(S(=O)(=O)Nc2ccccc2Cl)c1. The second-order valence-electron chi connectivity index (χ2n) is 5.77. The van der Waals surface area contributed by atoms with Crippen molar-refractivity contribution in [1.29, 1.82) is 0 Å². The quantitative estimate of drug-likeness (QED) is 0.609. The van der Waals surface area contributed by atoms with Crippen molar-refractivity contribution in [2.75, 3.05) is 4.72 Å². The Morgan fingerprint density at radius 2 is 1.79 bits per heavy atom. The lowest BCUT2D eigenvalue weighted by atomic mass is 10.2. The van der Waals surface area contributed by atoms with Gasteiger partial charge in [0.25, 0.3) is 15.9 Å². The van der Waals surface area contributed by atoms with Gasteiger partial charge in [-0.2, -0.15) is 0 Å². The van der Waals surface area contributed by atoms with Crippen molar-refractivity contribution in [3.63, 3.8) is 0 Å². The first kappa shape index (κ1) is 20.1. The number of rotatable bonds is 6. The zero-order chi connectivity index (χ0) is 20.1. The lowest BCUT2D eigenvalue weighted by molar-refractivity contribution is 0.0950. The van der Waals surface area contributed by atoms with Crippen molar-refractivity contribution in [1.82, 2.24) is 10.3 Å². The van der Waals surface area contributed by atoms with Crippen LogP contribution in [0.15, 0.2) is 71.9 Å². The molecule has 0 saturated carbocycles. The van der Waals surface area contributed by atoms with Crippen LogP contribution in [-0.4, -0.2) is 19.3 Å². The number of aromatic nitrogens is 1. The van der Waals surface area contributed by atoms with Gasteiger partial charge in [0.2, 0.25) is 0 Å². The number of pyridine rings is 1. The summed E-state index contributed by atoms with van der Waals surface area (Å²) in [5.74, 6) is -0.435. The molecular weight excluding hydrogens is 421 g/mol. The number of carbonyl (C=O) groups is 1. The third-order valence-corrected chi connectivity index (χ3v) is 5.95. The Kier molecular flexibility index (Phi) is 6.18. The zero-order valence-electron chi connectivity index (χ0n) is 14.4. The van der Waals surface area contributed by atoms with Gasteiger partial charge in [0.05, 0.1) is 15.7 Å². The van der Waals surface area contributed by atoms with E-state index < -0.39 is 15.9 Å². The molecule has 28 heavy (non-hydrogen) atoms. The van der Waals surface area contributed by atoms with Gasteiger partial charge in [-0.25, -0.2) is 8.42 Å². The first-order valence-corrected chi connectivity index (χ1v) is 10.3. The molecule has 0 aliphatic rings. The lowest BCUT2D eigenvalue weighted by Crippen LogP contribution is -2.23. The predicted molar refractivity (Wildman–Crippen MR) is 109 cm³/mol. The third kappa shape index (κ3) is 4.81. The van der Waals surface area contributed by atoms with E-state index in [2.05, 4.69) is 15.0 Å². The summed E-state index contributed by atoms with van der Waals surface area (Å²) in [5.41, 5.74) is 1.19. The molecule has 9 heteroatoms. The molecule has 2 N–H and O–H groups in total. The van der Waals surface area contributed by atoms with Crippen LogP contribution in [0.1, 0.15) is 15.9 Å². The Hall–Kier alpha value is -2.61. The lowest BCUT2D eigenvalue weighted by Gasteiger charge is -2.12. The van der Waals surface area contributed by atoms with Crippen molar-refractivity contribution in [3.8, 4) is 0 Å². The van der Waals surface area contributed by atoms with Gasteiger partial charge >= 0.3 is 0 Å². The maximum Gasteiger partial charge on any atom is 0.263 e. The first-order chi connectivity index (χ1) is 13.4. The Morgan fingerprint density at radius 1 is 1.00 bits per heavy atom. The summed E-state index contributed by atoms with van der Waals surface area (Å²) in [7, 11) is -4.05. The molecule has 0 aliphatic heterocycles. The van der Waals surface area contributed by atoms with E-state index in [1.807, 2.05) is 6.07 Å². The second kappa shape index (κ2) is 8.60. The van der Waals surface area contributed by atoms with Gasteiger partial charge in [-0.3, -0.25) is 14.5 Å². The summed E-state index contributed by atoms with van der Waals surface area (Å²) < 4.78 is 27.9. The van der Waals surface area contributed by atoms with E-state index >= 15 is 0 Å². The van der Waals surface area contributed by atoms with Crippen LogP contribution in [0.5, 0.6) is 0 Å². The number of para-hydroxylation sites is 1. The molecule has 3 rings (SSSR count). The van der Waals surface area contributed by atoms with E-state index in [0.29, 0.717) is 0 Å². The van der Waals surface area contributed by atoms with Gasteiger partial charge < -0.3 is 5.32 Å². The normalized spacial score (nSPS) is 11.1. The van der Waals surface area contributed by atoms with Gasteiger partial charge in [0.1, 0.15) is 4.90 Å². The highest BCUT2D eigenvalue weighted by Crippen LogP contribution is 2.28. The van der Waals surface area contributed by atoms with Crippen LogP contribution in [0.2, 0.25) is 10.0 Å². The molecular formula is C19H15Cl2N3O3S. The van der Waals surface area contributed by atoms with E-state index in [0.717, 1.165) is 5.56 Å². The van der Waals surface area contributed by atoms with Gasteiger partial charge in [-0.15, -0.1) is 0 Å². The van der Waals surface area contributed by atoms with Gasteiger partial charge in [0, 0.05) is 24.5 Å². The molecule has 144 valence electrons. The van der Waals surface area contributed by atoms with Crippen LogP contribution in [0.3, 0.4) is 0 Å². The number of nitrogens with zero attached hydrogens (tertiary/aromatic N) is 1.